The molecule has 0 aliphatic heterocycles. The smallest absolute Gasteiger partial charge is 0.255 e. The Bertz CT molecular complexity index is 1080. The van der Waals surface area contributed by atoms with Crippen LogP contribution in [0.4, 0.5) is 11.4 Å². The number of amides is 3. The molecule has 0 saturated carbocycles. The Balaban J connectivity index is 1.54. The zero-order chi connectivity index (χ0) is 21.5. The van der Waals surface area contributed by atoms with Crippen LogP contribution < -0.4 is 16.4 Å². The molecule has 0 atom stereocenters. The third-order valence-corrected chi connectivity index (χ3v) is 5.24. The molecule has 4 N–H and O–H groups in total. The number of hydrogen-bond donors (Lipinski definition) is 3. The predicted octanol–water partition coefficient (Wildman–Crippen LogP) is 4.08. The lowest BCUT2D eigenvalue weighted by Gasteiger charge is -2.09. The lowest BCUT2D eigenvalue weighted by molar-refractivity contribution is -0.113. The number of primary amides is 1. The highest BCUT2D eigenvalue weighted by Crippen LogP contribution is 2.22. The summed E-state index contributed by atoms with van der Waals surface area (Å²) in [5.41, 5.74) is 8.27. The number of aryl methyl sites for hydroxylation is 1. The van der Waals surface area contributed by atoms with Crippen LogP contribution in [0.3, 0.4) is 0 Å². The quantitative estimate of drug-likeness (QED) is 0.502. The van der Waals surface area contributed by atoms with Crippen molar-refractivity contribution in [2.24, 2.45) is 5.73 Å². The molecule has 0 aliphatic carbocycles. The Morgan fingerprint density at radius 2 is 1.63 bits per heavy atom. The minimum atomic E-state index is -0.596. The van der Waals surface area contributed by atoms with E-state index in [4.69, 9.17) is 5.73 Å². The van der Waals surface area contributed by atoms with Crippen LogP contribution in [-0.2, 0) is 4.79 Å². The van der Waals surface area contributed by atoms with Gasteiger partial charge in [0.2, 0.25) is 5.91 Å². The molecular weight excluding hydrogens is 398 g/mol. The summed E-state index contributed by atoms with van der Waals surface area (Å²) in [6.45, 7) is 1.94. The van der Waals surface area contributed by atoms with E-state index in [1.54, 1.807) is 42.5 Å². The molecule has 0 unspecified atom stereocenters. The second kappa shape index (κ2) is 9.76. The van der Waals surface area contributed by atoms with Crippen molar-refractivity contribution in [1.29, 1.82) is 0 Å². The molecule has 0 aliphatic rings. The van der Waals surface area contributed by atoms with Gasteiger partial charge in [-0.3, -0.25) is 14.4 Å². The van der Waals surface area contributed by atoms with Gasteiger partial charge in [-0.2, -0.15) is 0 Å². The fourth-order valence-electron chi connectivity index (χ4n) is 2.77. The molecule has 0 aromatic heterocycles. The molecule has 0 fully saturated rings. The highest BCUT2D eigenvalue weighted by Gasteiger charge is 2.11. The van der Waals surface area contributed by atoms with E-state index >= 15 is 0 Å². The molecule has 0 spiro atoms. The van der Waals surface area contributed by atoms with Gasteiger partial charge in [-0.1, -0.05) is 29.8 Å². The van der Waals surface area contributed by atoms with Crippen LogP contribution in [0.25, 0.3) is 0 Å². The van der Waals surface area contributed by atoms with E-state index in [0.717, 1.165) is 10.5 Å². The molecule has 0 saturated heterocycles. The van der Waals surface area contributed by atoms with Gasteiger partial charge in [0.25, 0.3) is 11.8 Å². The van der Waals surface area contributed by atoms with E-state index in [1.807, 2.05) is 37.3 Å². The minimum Gasteiger partial charge on any atom is -0.366 e. The fraction of sp³-hybridized carbons (Fsp3) is 0.0870. The molecule has 0 heterocycles. The van der Waals surface area contributed by atoms with E-state index in [2.05, 4.69) is 10.6 Å². The second-order valence-electron chi connectivity index (χ2n) is 6.59. The van der Waals surface area contributed by atoms with Gasteiger partial charge in [-0.25, -0.2) is 0 Å². The standard InChI is InChI=1S/C23H21N3O3S/c1-15-5-4-6-16(13-15)23(29)25-17-9-11-18(12-10-17)30-14-21(27)26-20-8-3-2-7-19(20)22(24)28/h2-13H,14H2,1H3,(H2,24,28)(H,25,29)(H,26,27). The van der Waals surface area contributed by atoms with Gasteiger partial charge in [-0.05, 0) is 55.5 Å². The molecule has 30 heavy (non-hydrogen) atoms. The number of hydrogen-bond acceptors (Lipinski definition) is 4. The third-order valence-electron chi connectivity index (χ3n) is 4.23. The molecule has 3 rings (SSSR count). The van der Waals surface area contributed by atoms with Crippen molar-refractivity contribution < 1.29 is 14.4 Å². The molecule has 152 valence electrons. The predicted molar refractivity (Wildman–Crippen MR) is 120 cm³/mol. The zero-order valence-corrected chi connectivity index (χ0v) is 17.2. The SMILES string of the molecule is Cc1cccc(C(=O)Nc2ccc(SCC(=O)Nc3ccccc3C(N)=O)cc2)c1. The Morgan fingerprint density at radius 3 is 2.33 bits per heavy atom. The molecule has 0 radical (unpaired) electrons. The zero-order valence-electron chi connectivity index (χ0n) is 16.3. The van der Waals surface area contributed by atoms with E-state index in [0.29, 0.717) is 16.9 Å². The first kappa shape index (κ1) is 21.1. The first-order valence-corrected chi connectivity index (χ1v) is 10.2. The number of nitrogens with two attached hydrogens (primary N) is 1. The lowest BCUT2D eigenvalue weighted by atomic mass is 10.1. The van der Waals surface area contributed by atoms with Gasteiger partial charge in [0.05, 0.1) is 17.0 Å². The van der Waals surface area contributed by atoms with Crippen LogP contribution in [0, 0.1) is 6.92 Å². The van der Waals surface area contributed by atoms with Gasteiger partial charge in [0.15, 0.2) is 0 Å². The minimum absolute atomic E-state index is 0.169. The normalized spacial score (nSPS) is 10.3. The molecule has 6 nitrogen and oxygen atoms in total. The van der Waals surface area contributed by atoms with Gasteiger partial charge < -0.3 is 16.4 Å². The van der Waals surface area contributed by atoms with E-state index in [9.17, 15) is 14.4 Å². The average Bonchev–Trinajstić information content (AvgIpc) is 2.73. The summed E-state index contributed by atoms with van der Waals surface area (Å²) >= 11 is 1.35. The lowest BCUT2D eigenvalue weighted by Crippen LogP contribution is -2.19. The van der Waals surface area contributed by atoms with Crippen LogP contribution in [0.15, 0.2) is 77.7 Å². The first-order chi connectivity index (χ1) is 14.4. The maximum atomic E-state index is 12.3. The van der Waals surface area contributed by atoms with E-state index in [-0.39, 0.29) is 23.1 Å². The van der Waals surface area contributed by atoms with Crippen molar-refractivity contribution in [2.45, 2.75) is 11.8 Å². The van der Waals surface area contributed by atoms with Gasteiger partial charge in [-0.15, -0.1) is 11.8 Å². The molecule has 3 aromatic carbocycles. The van der Waals surface area contributed by atoms with Crippen LogP contribution in [0.5, 0.6) is 0 Å². The van der Waals surface area contributed by atoms with E-state index < -0.39 is 5.91 Å². The largest absolute Gasteiger partial charge is 0.366 e. The van der Waals surface area contributed by atoms with Crippen molar-refractivity contribution in [3.63, 3.8) is 0 Å². The molecule has 7 heteroatoms. The number of para-hydroxylation sites is 1. The van der Waals surface area contributed by atoms with Crippen molar-refractivity contribution in [3.8, 4) is 0 Å². The second-order valence-corrected chi connectivity index (χ2v) is 7.64. The topological polar surface area (TPSA) is 101 Å². The first-order valence-electron chi connectivity index (χ1n) is 9.22. The van der Waals surface area contributed by atoms with Crippen LogP contribution in [-0.4, -0.2) is 23.5 Å². The summed E-state index contributed by atoms with van der Waals surface area (Å²) in [5, 5.41) is 5.56. The van der Waals surface area contributed by atoms with Gasteiger partial charge in [0, 0.05) is 16.1 Å². The Kier molecular flexibility index (Phi) is 6.87. The van der Waals surface area contributed by atoms with Crippen molar-refractivity contribution >= 4 is 40.9 Å². The fourth-order valence-corrected chi connectivity index (χ4v) is 3.46. The number of carbonyl (C=O) groups is 3. The number of rotatable bonds is 7. The van der Waals surface area contributed by atoms with Crippen LogP contribution in [0.2, 0.25) is 0 Å². The number of nitrogens with one attached hydrogen (secondary N) is 2. The van der Waals surface area contributed by atoms with Crippen molar-refractivity contribution in [1.82, 2.24) is 0 Å². The Labute approximate surface area is 178 Å². The van der Waals surface area contributed by atoms with Crippen LogP contribution in [0.1, 0.15) is 26.3 Å². The Hall–Kier alpha value is -3.58. The van der Waals surface area contributed by atoms with Crippen LogP contribution >= 0.6 is 11.8 Å². The molecule has 3 aromatic rings. The Morgan fingerprint density at radius 1 is 0.900 bits per heavy atom. The summed E-state index contributed by atoms with van der Waals surface area (Å²) in [7, 11) is 0. The number of benzene rings is 3. The molecule has 0 bridgehead atoms. The summed E-state index contributed by atoms with van der Waals surface area (Å²) < 4.78 is 0. The third kappa shape index (κ3) is 5.71. The van der Waals surface area contributed by atoms with Crippen molar-refractivity contribution in [2.75, 3.05) is 16.4 Å². The highest BCUT2D eigenvalue weighted by molar-refractivity contribution is 8.00. The van der Waals surface area contributed by atoms with E-state index in [1.165, 1.54) is 11.8 Å². The monoisotopic (exact) mass is 419 g/mol. The number of carbonyl (C=O) groups excluding carboxylic acids is 3. The van der Waals surface area contributed by atoms with Gasteiger partial charge in [0.1, 0.15) is 0 Å². The maximum absolute atomic E-state index is 12.3. The van der Waals surface area contributed by atoms with Gasteiger partial charge >= 0.3 is 0 Å². The number of thioether (sulfide) groups is 1. The average molecular weight is 420 g/mol. The summed E-state index contributed by atoms with van der Waals surface area (Å²) in [6.07, 6.45) is 0. The number of anilines is 2. The molecular formula is C23H21N3O3S. The summed E-state index contributed by atoms with van der Waals surface area (Å²) in [4.78, 5) is 36.8. The highest BCUT2D eigenvalue weighted by atomic mass is 32.2. The summed E-state index contributed by atoms with van der Waals surface area (Å²) in [5.74, 6) is -0.846. The van der Waals surface area contributed by atoms with Crippen molar-refractivity contribution in [3.05, 3.63) is 89.5 Å². The molecule has 3 amide bonds. The summed E-state index contributed by atoms with van der Waals surface area (Å²) in [6, 6.07) is 21.2. The maximum Gasteiger partial charge on any atom is 0.255 e.